The minimum atomic E-state index is -0.627. The number of hydrogen-bond donors (Lipinski definition) is 1. The molecule has 2 N–H and O–H groups in total. The van der Waals surface area contributed by atoms with E-state index in [1.807, 2.05) is 6.07 Å². The number of benzene rings is 1. The molecule has 1 unspecified atom stereocenters. The van der Waals surface area contributed by atoms with Gasteiger partial charge < -0.3 is 19.9 Å². The van der Waals surface area contributed by atoms with E-state index in [1.54, 1.807) is 45.0 Å². The van der Waals surface area contributed by atoms with Gasteiger partial charge in [-0.1, -0.05) is 18.2 Å². The average Bonchev–Trinajstić information content (AvgIpc) is 2.94. The van der Waals surface area contributed by atoms with Gasteiger partial charge in [0, 0.05) is 4.88 Å². The van der Waals surface area contributed by atoms with E-state index in [-0.39, 0.29) is 18.3 Å². The fourth-order valence-electron chi connectivity index (χ4n) is 2.75. The van der Waals surface area contributed by atoms with Crippen molar-refractivity contribution in [3.63, 3.8) is 0 Å². The molecule has 3 rings (SSSR count). The molecule has 0 saturated carbocycles. The van der Waals surface area contributed by atoms with Gasteiger partial charge in [-0.15, -0.1) is 11.3 Å². The lowest BCUT2D eigenvalue weighted by molar-refractivity contribution is 0.00541. The summed E-state index contributed by atoms with van der Waals surface area (Å²) in [6.07, 6.45) is 1.06. The maximum absolute atomic E-state index is 12.5. The van der Waals surface area contributed by atoms with Crippen molar-refractivity contribution < 1.29 is 23.8 Å². The molecule has 0 spiro atoms. The van der Waals surface area contributed by atoms with E-state index < -0.39 is 17.5 Å². The first-order valence-electron chi connectivity index (χ1n) is 8.78. The largest absolute Gasteiger partial charge is 0.485 e. The van der Waals surface area contributed by atoms with E-state index in [4.69, 9.17) is 19.9 Å². The van der Waals surface area contributed by atoms with E-state index in [1.165, 1.54) is 11.3 Å². The maximum atomic E-state index is 12.5. The SMILES string of the molecule is CC(C)(C)OC(=O)c1c(N)sc2c1OC(COC(=O)c1ccccc1)CC2. The third kappa shape index (κ3) is 4.60. The zero-order valence-corrected chi connectivity index (χ0v) is 16.4. The Morgan fingerprint density at radius 1 is 1.22 bits per heavy atom. The van der Waals surface area contributed by atoms with Crippen molar-refractivity contribution in [3.8, 4) is 5.75 Å². The zero-order chi connectivity index (χ0) is 19.6. The summed E-state index contributed by atoms with van der Waals surface area (Å²) in [5.41, 5.74) is 6.17. The lowest BCUT2D eigenvalue weighted by atomic mass is 10.1. The van der Waals surface area contributed by atoms with Crippen LogP contribution < -0.4 is 10.5 Å². The Morgan fingerprint density at radius 3 is 2.59 bits per heavy atom. The topological polar surface area (TPSA) is 87.8 Å². The van der Waals surface area contributed by atoms with Crippen LogP contribution in [0.3, 0.4) is 0 Å². The molecule has 0 radical (unpaired) electrons. The first-order chi connectivity index (χ1) is 12.7. The van der Waals surface area contributed by atoms with Gasteiger partial charge in [0.05, 0.1) is 5.56 Å². The number of aryl methyl sites for hydroxylation is 1. The monoisotopic (exact) mass is 389 g/mol. The van der Waals surface area contributed by atoms with Gasteiger partial charge >= 0.3 is 11.9 Å². The number of fused-ring (bicyclic) bond motifs is 1. The summed E-state index contributed by atoms with van der Waals surface area (Å²) in [5, 5.41) is 0.385. The Bertz CT molecular complexity index is 838. The van der Waals surface area contributed by atoms with Crippen molar-refractivity contribution in [1.82, 2.24) is 0 Å². The second-order valence-electron chi connectivity index (χ2n) is 7.34. The standard InChI is InChI=1S/C20H23NO5S/c1-20(2,3)26-19(23)15-16-14(27-17(15)21)10-9-13(25-16)11-24-18(22)12-7-5-4-6-8-12/h4-8,13H,9-11,21H2,1-3H3. The molecule has 0 fully saturated rings. The van der Waals surface area contributed by atoms with Crippen LogP contribution in [0.5, 0.6) is 5.75 Å². The predicted molar refractivity (Wildman–Crippen MR) is 103 cm³/mol. The Hall–Kier alpha value is -2.54. The van der Waals surface area contributed by atoms with Crippen LogP contribution in [0.15, 0.2) is 30.3 Å². The first kappa shape index (κ1) is 19.2. The molecule has 1 aliphatic heterocycles. The minimum absolute atomic E-state index is 0.108. The number of nitrogen functional groups attached to an aromatic ring is 1. The summed E-state index contributed by atoms with van der Waals surface area (Å²) < 4.78 is 16.8. The van der Waals surface area contributed by atoms with Crippen LogP contribution in [0.25, 0.3) is 0 Å². The van der Waals surface area contributed by atoms with Crippen LogP contribution in [0, 0.1) is 0 Å². The van der Waals surface area contributed by atoms with Crippen LogP contribution in [-0.4, -0.2) is 30.3 Å². The molecule has 1 aromatic heterocycles. The van der Waals surface area contributed by atoms with Crippen molar-refractivity contribution in [2.75, 3.05) is 12.3 Å². The molecule has 0 saturated heterocycles. The molecular formula is C20H23NO5S. The number of carbonyl (C=O) groups excluding carboxylic acids is 2. The van der Waals surface area contributed by atoms with Crippen molar-refractivity contribution in [2.24, 2.45) is 0 Å². The van der Waals surface area contributed by atoms with Crippen LogP contribution in [0.4, 0.5) is 5.00 Å². The van der Waals surface area contributed by atoms with Gasteiger partial charge in [-0.2, -0.15) is 0 Å². The zero-order valence-electron chi connectivity index (χ0n) is 15.6. The molecular weight excluding hydrogens is 366 g/mol. The molecule has 1 atom stereocenters. The fourth-order valence-corrected chi connectivity index (χ4v) is 3.76. The number of ether oxygens (including phenoxy) is 3. The predicted octanol–water partition coefficient (Wildman–Crippen LogP) is 3.84. The Kier molecular flexibility index (Phi) is 5.41. The number of rotatable bonds is 4. The normalized spacial score (nSPS) is 16.2. The second kappa shape index (κ2) is 7.60. The van der Waals surface area contributed by atoms with Gasteiger partial charge in [-0.05, 0) is 45.7 Å². The highest BCUT2D eigenvalue weighted by atomic mass is 32.1. The first-order valence-corrected chi connectivity index (χ1v) is 9.59. The van der Waals surface area contributed by atoms with Crippen LogP contribution in [0.1, 0.15) is 52.8 Å². The van der Waals surface area contributed by atoms with Crippen molar-refractivity contribution >= 4 is 28.3 Å². The van der Waals surface area contributed by atoms with E-state index >= 15 is 0 Å². The summed E-state index contributed by atoms with van der Waals surface area (Å²) in [6, 6.07) is 8.79. The molecule has 0 aliphatic carbocycles. The summed E-state index contributed by atoms with van der Waals surface area (Å²) in [7, 11) is 0. The molecule has 0 bridgehead atoms. The van der Waals surface area contributed by atoms with Gasteiger partial charge in [0.2, 0.25) is 0 Å². The van der Waals surface area contributed by atoms with Crippen molar-refractivity contribution in [3.05, 3.63) is 46.3 Å². The number of anilines is 1. The van der Waals surface area contributed by atoms with Gasteiger partial charge in [0.25, 0.3) is 0 Å². The molecule has 1 aromatic carbocycles. The average molecular weight is 389 g/mol. The molecule has 27 heavy (non-hydrogen) atoms. The highest BCUT2D eigenvalue weighted by molar-refractivity contribution is 7.16. The molecule has 7 heteroatoms. The quantitative estimate of drug-likeness (QED) is 0.800. The van der Waals surface area contributed by atoms with E-state index in [0.29, 0.717) is 29.2 Å². The third-order valence-corrected chi connectivity index (χ3v) is 5.01. The molecule has 144 valence electrons. The van der Waals surface area contributed by atoms with Crippen LogP contribution in [-0.2, 0) is 15.9 Å². The van der Waals surface area contributed by atoms with Crippen LogP contribution in [0.2, 0.25) is 0 Å². The van der Waals surface area contributed by atoms with Gasteiger partial charge in [-0.3, -0.25) is 0 Å². The molecule has 6 nitrogen and oxygen atoms in total. The molecule has 2 aromatic rings. The number of thiophene rings is 1. The van der Waals surface area contributed by atoms with Crippen LogP contribution >= 0.6 is 11.3 Å². The number of nitrogens with two attached hydrogens (primary N) is 1. The van der Waals surface area contributed by atoms with Gasteiger partial charge in [-0.25, -0.2) is 9.59 Å². The van der Waals surface area contributed by atoms with Crippen molar-refractivity contribution in [1.29, 1.82) is 0 Å². The Morgan fingerprint density at radius 2 is 1.93 bits per heavy atom. The maximum Gasteiger partial charge on any atom is 0.345 e. The number of carbonyl (C=O) groups is 2. The summed E-state index contributed by atoms with van der Waals surface area (Å²) in [5.74, 6) is -0.444. The van der Waals surface area contributed by atoms with E-state index in [2.05, 4.69) is 0 Å². The summed E-state index contributed by atoms with van der Waals surface area (Å²) >= 11 is 1.34. The lowest BCUT2D eigenvalue weighted by Gasteiger charge is -2.25. The second-order valence-corrected chi connectivity index (χ2v) is 8.48. The lowest BCUT2D eigenvalue weighted by Crippen LogP contribution is -2.30. The summed E-state index contributed by atoms with van der Waals surface area (Å²) in [4.78, 5) is 25.5. The van der Waals surface area contributed by atoms with Gasteiger partial charge in [0.15, 0.2) is 5.75 Å². The summed E-state index contributed by atoms with van der Waals surface area (Å²) in [6.45, 7) is 5.50. The molecule has 2 heterocycles. The molecule has 0 amide bonds. The Labute approximate surface area is 162 Å². The number of hydrogen-bond acceptors (Lipinski definition) is 7. The highest BCUT2D eigenvalue weighted by Crippen LogP contribution is 2.42. The van der Waals surface area contributed by atoms with E-state index in [0.717, 1.165) is 4.88 Å². The number of esters is 2. The van der Waals surface area contributed by atoms with Crippen molar-refractivity contribution in [2.45, 2.75) is 45.3 Å². The highest BCUT2D eigenvalue weighted by Gasteiger charge is 2.32. The smallest absolute Gasteiger partial charge is 0.345 e. The molecule has 1 aliphatic rings. The van der Waals surface area contributed by atoms with E-state index in [9.17, 15) is 9.59 Å². The Balaban J connectivity index is 1.68. The minimum Gasteiger partial charge on any atom is -0.485 e. The third-order valence-electron chi connectivity index (χ3n) is 3.95. The fraction of sp³-hybridized carbons (Fsp3) is 0.400. The van der Waals surface area contributed by atoms with Gasteiger partial charge in [0.1, 0.15) is 28.9 Å².